The van der Waals surface area contributed by atoms with Gasteiger partial charge in [-0.05, 0) is 43.2 Å². The van der Waals surface area contributed by atoms with Gasteiger partial charge in [0.15, 0.2) is 0 Å². The van der Waals surface area contributed by atoms with Crippen molar-refractivity contribution in [3.05, 3.63) is 59.7 Å². The quantitative estimate of drug-likeness (QED) is 0.865. The molecular formula is C16H19NO2. The van der Waals surface area contributed by atoms with Crippen molar-refractivity contribution in [2.75, 3.05) is 6.61 Å². The number of nitrogens with two attached hydrogens (primary N) is 1. The lowest BCUT2D eigenvalue weighted by molar-refractivity contribution is 0.265. The molecule has 0 saturated carbocycles. The zero-order valence-electron chi connectivity index (χ0n) is 11.0. The van der Waals surface area contributed by atoms with Crippen molar-refractivity contribution in [1.29, 1.82) is 0 Å². The molecule has 1 atom stereocenters. The molecule has 1 unspecified atom stereocenters. The zero-order valence-corrected chi connectivity index (χ0v) is 11.0. The molecule has 0 heterocycles. The van der Waals surface area contributed by atoms with Crippen LogP contribution in [0.5, 0.6) is 11.5 Å². The first-order valence-electron chi connectivity index (χ1n) is 6.37. The summed E-state index contributed by atoms with van der Waals surface area (Å²) in [6.07, 6.45) is 0.640. The SMILES string of the molecule is Cc1ccc(Oc2cccc(CC(N)CO)c2)cc1. The van der Waals surface area contributed by atoms with Gasteiger partial charge in [0.1, 0.15) is 11.5 Å². The van der Waals surface area contributed by atoms with E-state index in [-0.39, 0.29) is 12.6 Å². The standard InChI is InChI=1S/C16H19NO2/c1-12-5-7-15(8-6-12)19-16-4-2-3-13(10-16)9-14(17)11-18/h2-8,10,14,18H,9,11,17H2,1H3. The molecule has 19 heavy (non-hydrogen) atoms. The minimum atomic E-state index is -0.227. The Morgan fingerprint density at radius 2 is 1.84 bits per heavy atom. The number of rotatable bonds is 5. The first-order valence-corrected chi connectivity index (χ1v) is 6.37. The molecule has 0 aliphatic rings. The van der Waals surface area contributed by atoms with E-state index in [4.69, 9.17) is 15.6 Å². The molecule has 0 aliphatic heterocycles. The van der Waals surface area contributed by atoms with E-state index in [2.05, 4.69) is 0 Å². The van der Waals surface area contributed by atoms with E-state index >= 15 is 0 Å². The Morgan fingerprint density at radius 1 is 1.11 bits per heavy atom. The average Bonchev–Trinajstić information content (AvgIpc) is 2.42. The maximum Gasteiger partial charge on any atom is 0.127 e. The van der Waals surface area contributed by atoms with Crippen LogP contribution in [0.15, 0.2) is 48.5 Å². The molecule has 0 aliphatic carbocycles. The van der Waals surface area contributed by atoms with Crippen LogP contribution >= 0.6 is 0 Å². The van der Waals surface area contributed by atoms with Crippen LogP contribution in [0.2, 0.25) is 0 Å². The summed E-state index contributed by atoms with van der Waals surface area (Å²) in [4.78, 5) is 0. The molecule has 0 spiro atoms. The van der Waals surface area contributed by atoms with E-state index in [1.54, 1.807) is 0 Å². The lowest BCUT2D eigenvalue weighted by atomic mass is 10.1. The van der Waals surface area contributed by atoms with Crippen LogP contribution in [0.3, 0.4) is 0 Å². The van der Waals surface area contributed by atoms with Gasteiger partial charge in [0.05, 0.1) is 6.61 Å². The Labute approximate surface area is 113 Å². The van der Waals surface area contributed by atoms with E-state index in [1.165, 1.54) is 5.56 Å². The number of hydrogen-bond acceptors (Lipinski definition) is 3. The van der Waals surface area contributed by atoms with Crippen molar-refractivity contribution in [2.24, 2.45) is 5.73 Å². The first-order chi connectivity index (χ1) is 9.17. The van der Waals surface area contributed by atoms with Crippen molar-refractivity contribution < 1.29 is 9.84 Å². The number of aliphatic hydroxyl groups excluding tert-OH is 1. The number of aryl methyl sites for hydroxylation is 1. The highest BCUT2D eigenvalue weighted by Crippen LogP contribution is 2.22. The molecule has 0 bridgehead atoms. The van der Waals surface area contributed by atoms with Gasteiger partial charge in [-0.15, -0.1) is 0 Å². The molecule has 0 fully saturated rings. The third-order valence-corrected chi connectivity index (χ3v) is 2.89. The summed E-state index contributed by atoms with van der Waals surface area (Å²) in [7, 11) is 0. The van der Waals surface area contributed by atoms with E-state index < -0.39 is 0 Å². The van der Waals surface area contributed by atoms with Gasteiger partial charge < -0.3 is 15.6 Å². The second-order valence-electron chi connectivity index (χ2n) is 4.71. The fourth-order valence-corrected chi connectivity index (χ4v) is 1.85. The van der Waals surface area contributed by atoms with Crippen LogP contribution < -0.4 is 10.5 Å². The monoisotopic (exact) mass is 257 g/mol. The summed E-state index contributed by atoms with van der Waals surface area (Å²) in [5, 5.41) is 8.97. The van der Waals surface area contributed by atoms with E-state index in [0.717, 1.165) is 17.1 Å². The average molecular weight is 257 g/mol. The van der Waals surface area contributed by atoms with Crippen molar-refractivity contribution in [3.63, 3.8) is 0 Å². The van der Waals surface area contributed by atoms with Crippen molar-refractivity contribution in [3.8, 4) is 11.5 Å². The lowest BCUT2D eigenvalue weighted by Gasteiger charge is -2.10. The fourth-order valence-electron chi connectivity index (χ4n) is 1.85. The second-order valence-corrected chi connectivity index (χ2v) is 4.71. The predicted octanol–water partition coefficient (Wildman–Crippen LogP) is 2.65. The van der Waals surface area contributed by atoms with Gasteiger partial charge in [0.25, 0.3) is 0 Å². The molecule has 3 N–H and O–H groups in total. The Balaban J connectivity index is 2.08. The van der Waals surface area contributed by atoms with E-state index in [9.17, 15) is 0 Å². The summed E-state index contributed by atoms with van der Waals surface area (Å²) in [5.74, 6) is 1.60. The van der Waals surface area contributed by atoms with Crippen LogP contribution in [0.1, 0.15) is 11.1 Å². The molecule has 0 saturated heterocycles. The molecule has 3 nitrogen and oxygen atoms in total. The molecule has 2 aromatic rings. The summed E-state index contributed by atoms with van der Waals surface area (Å²) >= 11 is 0. The Morgan fingerprint density at radius 3 is 2.53 bits per heavy atom. The molecule has 2 rings (SSSR count). The fraction of sp³-hybridized carbons (Fsp3) is 0.250. The van der Waals surface area contributed by atoms with Crippen LogP contribution in [0, 0.1) is 6.92 Å². The number of aliphatic hydroxyl groups is 1. The second kappa shape index (κ2) is 6.36. The van der Waals surface area contributed by atoms with E-state index in [0.29, 0.717) is 6.42 Å². The molecule has 2 aromatic carbocycles. The van der Waals surface area contributed by atoms with Gasteiger partial charge in [0.2, 0.25) is 0 Å². The largest absolute Gasteiger partial charge is 0.457 e. The molecule has 0 aromatic heterocycles. The van der Waals surface area contributed by atoms with Gasteiger partial charge in [-0.1, -0.05) is 29.8 Å². The minimum absolute atomic E-state index is 0.0109. The summed E-state index contributed by atoms with van der Waals surface area (Å²) in [6.45, 7) is 2.03. The highest BCUT2D eigenvalue weighted by atomic mass is 16.5. The summed E-state index contributed by atoms with van der Waals surface area (Å²) in [5.41, 5.74) is 8.00. The highest BCUT2D eigenvalue weighted by molar-refractivity contribution is 5.35. The lowest BCUT2D eigenvalue weighted by Crippen LogP contribution is -2.26. The minimum Gasteiger partial charge on any atom is -0.457 e. The normalized spacial score (nSPS) is 12.2. The highest BCUT2D eigenvalue weighted by Gasteiger charge is 2.04. The smallest absolute Gasteiger partial charge is 0.127 e. The van der Waals surface area contributed by atoms with Crippen molar-refractivity contribution in [1.82, 2.24) is 0 Å². The predicted molar refractivity (Wildman–Crippen MR) is 76.5 cm³/mol. The van der Waals surface area contributed by atoms with Gasteiger partial charge in [0, 0.05) is 6.04 Å². The maximum absolute atomic E-state index is 8.97. The van der Waals surface area contributed by atoms with Gasteiger partial charge in [-0.25, -0.2) is 0 Å². The van der Waals surface area contributed by atoms with Crippen LogP contribution in [0.25, 0.3) is 0 Å². The molecule has 0 amide bonds. The Hall–Kier alpha value is -1.84. The molecule has 0 radical (unpaired) electrons. The van der Waals surface area contributed by atoms with E-state index in [1.807, 2.05) is 55.5 Å². The molecule has 100 valence electrons. The number of hydrogen-bond donors (Lipinski definition) is 2. The summed E-state index contributed by atoms with van der Waals surface area (Å²) < 4.78 is 5.79. The topological polar surface area (TPSA) is 55.5 Å². The van der Waals surface area contributed by atoms with Crippen molar-refractivity contribution >= 4 is 0 Å². The van der Waals surface area contributed by atoms with Crippen LogP contribution in [-0.4, -0.2) is 17.8 Å². The van der Waals surface area contributed by atoms with Gasteiger partial charge in [-0.3, -0.25) is 0 Å². The zero-order chi connectivity index (χ0) is 13.7. The Kier molecular flexibility index (Phi) is 4.55. The maximum atomic E-state index is 8.97. The van der Waals surface area contributed by atoms with Crippen LogP contribution in [0.4, 0.5) is 0 Å². The van der Waals surface area contributed by atoms with Crippen molar-refractivity contribution in [2.45, 2.75) is 19.4 Å². The molecular weight excluding hydrogens is 238 g/mol. The molecule has 3 heteroatoms. The number of ether oxygens (including phenoxy) is 1. The number of benzene rings is 2. The first kappa shape index (κ1) is 13.6. The van der Waals surface area contributed by atoms with Crippen LogP contribution in [-0.2, 0) is 6.42 Å². The van der Waals surface area contributed by atoms with Gasteiger partial charge >= 0.3 is 0 Å². The van der Waals surface area contributed by atoms with Gasteiger partial charge in [-0.2, -0.15) is 0 Å². The summed E-state index contributed by atoms with van der Waals surface area (Å²) in [6, 6.07) is 15.5. The third-order valence-electron chi connectivity index (χ3n) is 2.89. The Bertz CT molecular complexity index is 523. The third kappa shape index (κ3) is 4.09.